The maximum atomic E-state index is 12.0. The van der Waals surface area contributed by atoms with Gasteiger partial charge in [0.1, 0.15) is 12.4 Å². The lowest BCUT2D eigenvalue weighted by atomic mass is 10.2. The van der Waals surface area contributed by atoms with Crippen molar-refractivity contribution in [2.75, 3.05) is 11.9 Å². The average molecular weight is 349 g/mol. The molecule has 0 saturated carbocycles. The van der Waals surface area contributed by atoms with Gasteiger partial charge in [0.25, 0.3) is 5.91 Å². The minimum absolute atomic E-state index is 0.00689. The van der Waals surface area contributed by atoms with E-state index in [1.165, 1.54) is 6.07 Å². The molecule has 0 atom stereocenters. The van der Waals surface area contributed by atoms with Crippen molar-refractivity contribution in [3.8, 4) is 17.2 Å². The van der Waals surface area contributed by atoms with Gasteiger partial charge in [0.05, 0.1) is 5.69 Å². The summed E-state index contributed by atoms with van der Waals surface area (Å²) in [6.07, 6.45) is 0. The van der Waals surface area contributed by atoms with Crippen LogP contribution in [0.4, 0.5) is 5.69 Å². The fourth-order valence-corrected chi connectivity index (χ4v) is 2.33. The van der Waals surface area contributed by atoms with Crippen LogP contribution in [0.2, 0.25) is 0 Å². The topological polar surface area (TPSA) is 67.8 Å². The zero-order valence-electron chi connectivity index (χ0n) is 14.1. The number of benzene rings is 3. The summed E-state index contributed by atoms with van der Waals surface area (Å²) >= 11 is 0. The van der Waals surface area contributed by atoms with Gasteiger partial charge in [-0.3, -0.25) is 4.79 Å². The molecular weight excluding hydrogens is 330 g/mol. The van der Waals surface area contributed by atoms with Crippen LogP contribution in [0.3, 0.4) is 0 Å². The summed E-state index contributed by atoms with van der Waals surface area (Å²) in [4.78, 5) is 12.0. The maximum absolute atomic E-state index is 12.0. The van der Waals surface area contributed by atoms with Gasteiger partial charge in [-0.15, -0.1) is 0 Å². The van der Waals surface area contributed by atoms with Crippen LogP contribution in [0.5, 0.6) is 17.2 Å². The molecule has 3 aromatic carbocycles. The zero-order valence-corrected chi connectivity index (χ0v) is 14.1. The third-order valence-corrected chi connectivity index (χ3v) is 3.62. The zero-order chi connectivity index (χ0) is 18.2. The Labute approximate surface area is 151 Å². The fraction of sp³-hybridized carbons (Fsp3) is 0.0952. The molecule has 0 heterocycles. The molecule has 0 spiro atoms. The van der Waals surface area contributed by atoms with Gasteiger partial charge in [-0.2, -0.15) is 0 Å². The molecule has 0 fully saturated rings. The van der Waals surface area contributed by atoms with Gasteiger partial charge in [0, 0.05) is 0 Å². The van der Waals surface area contributed by atoms with Crippen LogP contribution in [-0.4, -0.2) is 17.6 Å². The molecule has 0 bridgehead atoms. The molecule has 132 valence electrons. The Bertz CT molecular complexity index is 865. The van der Waals surface area contributed by atoms with Crippen molar-refractivity contribution in [2.45, 2.75) is 6.61 Å². The molecule has 0 saturated heterocycles. The van der Waals surface area contributed by atoms with Crippen molar-refractivity contribution in [3.63, 3.8) is 0 Å². The number of phenols is 1. The van der Waals surface area contributed by atoms with Gasteiger partial charge >= 0.3 is 0 Å². The number of carbonyl (C=O) groups excluding carboxylic acids is 1. The lowest BCUT2D eigenvalue weighted by molar-refractivity contribution is -0.118. The summed E-state index contributed by atoms with van der Waals surface area (Å²) in [6, 6.07) is 23.5. The number of aromatic hydroxyl groups is 1. The highest BCUT2D eigenvalue weighted by atomic mass is 16.5. The monoisotopic (exact) mass is 349 g/mol. The second-order valence-corrected chi connectivity index (χ2v) is 5.58. The summed E-state index contributed by atoms with van der Waals surface area (Å²) in [5.41, 5.74) is 1.38. The summed E-state index contributed by atoms with van der Waals surface area (Å²) < 4.78 is 11.4. The van der Waals surface area contributed by atoms with Crippen molar-refractivity contribution in [3.05, 3.63) is 84.4 Å². The van der Waals surface area contributed by atoms with E-state index in [0.29, 0.717) is 23.8 Å². The van der Waals surface area contributed by atoms with Crippen LogP contribution in [0.1, 0.15) is 5.56 Å². The summed E-state index contributed by atoms with van der Waals surface area (Å²) in [5, 5.41) is 12.3. The van der Waals surface area contributed by atoms with E-state index in [9.17, 15) is 9.90 Å². The second kappa shape index (κ2) is 8.58. The number of phenolic OH excluding ortho intramolecular Hbond substituents is 1. The van der Waals surface area contributed by atoms with E-state index in [0.717, 1.165) is 5.56 Å². The largest absolute Gasteiger partial charge is 0.506 e. The van der Waals surface area contributed by atoms with Crippen molar-refractivity contribution in [1.82, 2.24) is 0 Å². The first-order chi connectivity index (χ1) is 12.7. The predicted molar refractivity (Wildman–Crippen MR) is 99.4 cm³/mol. The first-order valence-corrected chi connectivity index (χ1v) is 8.19. The van der Waals surface area contributed by atoms with E-state index < -0.39 is 0 Å². The van der Waals surface area contributed by atoms with Crippen molar-refractivity contribution in [1.29, 1.82) is 0 Å². The van der Waals surface area contributed by atoms with Gasteiger partial charge in [-0.1, -0.05) is 54.6 Å². The molecule has 5 nitrogen and oxygen atoms in total. The Balaban J connectivity index is 1.58. The number of ether oxygens (including phenoxy) is 2. The van der Waals surface area contributed by atoms with Gasteiger partial charge in [0.15, 0.2) is 18.1 Å². The number of para-hydroxylation sites is 4. The van der Waals surface area contributed by atoms with Crippen LogP contribution in [-0.2, 0) is 11.4 Å². The standard InChI is InChI=1S/C21H19NO4/c23-18-11-5-4-10-17(18)22-21(24)15-26-20-13-7-6-12-19(20)25-14-16-8-2-1-3-9-16/h1-13,23H,14-15H2,(H,22,24). The van der Waals surface area contributed by atoms with Crippen LogP contribution in [0.25, 0.3) is 0 Å². The van der Waals surface area contributed by atoms with Crippen LogP contribution < -0.4 is 14.8 Å². The number of carbonyl (C=O) groups is 1. The molecule has 0 aliphatic heterocycles. The van der Waals surface area contributed by atoms with Gasteiger partial charge in [-0.05, 0) is 29.8 Å². The minimum Gasteiger partial charge on any atom is -0.506 e. The summed E-state index contributed by atoms with van der Waals surface area (Å²) in [7, 11) is 0. The molecule has 26 heavy (non-hydrogen) atoms. The number of nitrogens with one attached hydrogen (secondary N) is 1. The van der Waals surface area contributed by atoms with Crippen molar-refractivity contribution < 1.29 is 19.4 Å². The molecule has 0 unspecified atom stereocenters. The molecule has 0 radical (unpaired) electrons. The van der Waals surface area contributed by atoms with Gasteiger partial charge in [-0.25, -0.2) is 0 Å². The molecule has 0 aromatic heterocycles. The Morgan fingerprint density at radius 2 is 1.42 bits per heavy atom. The van der Waals surface area contributed by atoms with E-state index in [1.807, 2.05) is 42.5 Å². The van der Waals surface area contributed by atoms with Gasteiger partial charge in [0.2, 0.25) is 0 Å². The Hall–Kier alpha value is -3.47. The Kier molecular flexibility index (Phi) is 5.72. The Morgan fingerprint density at radius 3 is 2.15 bits per heavy atom. The maximum Gasteiger partial charge on any atom is 0.262 e. The van der Waals surface area contributed by atoms with E-state index in [4.69, 9.17) is 9.47 Å². The number of rotatable bonds is 7. The molecule has 2 N–H and O–H groups in total. The number of amides is 1. The molecule has 0 aliphatic carbocycles. The number of hydrogen-bond donors (Lipinski definition) is 2. The number of anilines is 1. The highest BCUT2D eigenvalue weighted by Gasteiger charge is 2.09. The van der Waals surface area contributed by atoms with Crippen LogP contribution in [0.15, 0.2) is 78.9 Å². The highest BCUT2D eigenvalue weighted by Crippen LogP contribution is 2.27. The minimum atomic E-state index is -0.371. The van der Waals surface area contributed by atoms with Crippen molar-refractivity contribution in [2.24, 2.45) is 0 Å². The molecule has 1 amide bonds. The normalized spacial score (nSPS) is 10.2. The number of hydrogen-bond acceptors (Lipinski definition) is 4. The van der Waals surface area contributed by atoms with E-state index in [-0.39, 0.29) is 18.3 Å². The lowest BCUT2D eigenvalue weighted by Gasteiger charge is -2.13. The van der Waals surface area contributed by atoms with Gasteiger partial charge < -0.3 is 19.9 Å². The van der Waals surface area contributed by atoms with E-state index in [2.05, 4.69) is 5.32 Å². The molecule has 5 heteroatoms. The smallest absolute Gasteiger partial charge is 0.262 e. The third-order valence-electron chi connectivity index (χ3n) is 3.62. The second-order valence-electron chi connectivity index (χ2n) is 5.58. The molecular formula is C21H19NO4. The Morgan fingerprint density at radius 1 is 0.808 bits per heavy atom. The van der Waals surface area contributed by atoms with Crippen molar-refractivity contribution >= 4 is 11.6 Å². The highest BCUT2D eigenvalue weighted by molar-refractivity contribution is 5.93. The molecule has 3 aromatic rings. The van der Waals surface area contributed by atoms with E-state index >= 15 is 0 Å². The average Bonchev–Trinajstić information content (AvgIpc) is 2.68. The summed E-state index contributed by atoms with van der Waals surface area (Å²) in [5.74, 6) is 0.680. The summed E-state index contributed by atoms with van der Waals surface area (Å²) in [6.45, 7) is 0.214. The fourth-order valence-electron chi connectivity index (χ4n) is 2.33. The molecule has 0 aliphatic rings. The first kappa shape index (κ1) is 17.4. The third kappa shape index (κ3) is 4.77. The van der Waals surface area contributed by atoms with Crippen LogP contribution >= 0.6 is 0 Å². The lowest BCUT2D eigenvalue weighted by Crippen LogP contribution is -2.20. The van der Waals surface area contributed by atoms with Crippen LogP contribution in [0, 0.1) is 0 Å². The first-order valence-electron chi connectivity index (χ1n) is 8.19. The van der Waals surface area contributed by atoms with E-state index in [1.54, 1.807) is 30.3 Å². The quantitative estimate of drug-likeness (QED) is 0.633. The SMILES string of the molecule is O=C(COc1ccccc1OCc1ccccc1)Nc1ccccc1O. The predicted octanol–water partition coefficient (Wildman–Crippen LogP) is 3.99. The molecule has 3 rings (SSSR count).